The second kappa shape index (κ2) is 7.65. The molecule has 3 aromatic rings. The smallest absolute Gasteiger partial charge is 0.253 e. The van der Waals surface area contributed by atoms with Crippen molar-refractivity contribution in [2.24, 2.45) is 0 Å². The van der Waals surface area contributed by atoms with Gasteiger partial charge in [0.15, 0.2) is 0 Å². The van der Waals surface area contributed by atoms with E-state index in [4.69, 9.17) is 4.98 Å². The Morgan fingerprint density at radius 2 is 1.83 bits per heavy atom. The average Bonchev–Trinajstić information content (AvgIpc) is 3.36. The molecule has 0 radical (unpaired) electrons. The van der Waals surface area contributed by atoms with Crippen LogP contribution >= 0.6 is 11.3 Å². The summed E-state index contributed by atoms with van der Waals surface area (Å²) in [6, 6.07) is 15.0. The number of fused-ring (bicyclic) bond motifs is 1. The molecule has 0 unspecified atom stereocenters. The van der Waals surface area contributed by atoms with Crippen molar-refractivity contribution in [3.05, 3.63) is 59.1 Å². The van der Waals surface area contributed by atoms with Gasteiger partial charge < -0.3 is 4.90 Å². The van der Waals surface area contributed by atoms with Crippen LogP contribution in [-0.2, 0) is 9.59 Å². The topological polar surface area (TPSA) is 70.6 Å². The fourth-order valence-corrected chi connectivity index (χ4v) is 5.35. The Bertz CT molecular complexity index is 1110. The number of anilines is 1. The van der Waals surface area contributed by atoms with Crippen LogP contribution in [0.1, 0.15) is 47.0 Å². The normalized spacial score (nSPS) is 19.7. The van der Waals surface area contributed by atoms with Gasteiger partial charge in [0, 0.05) is 37.4 Å². The first-order chi connectivity index (χ1) is 14.6. The van der Waals surface area contributed by atoms with E-state index in [-0.39, 0.29) is 36.5 Å². The summed E-state index contributed by atoms with van der Waals surface area (Å²) in [6.07, 6.45) is 2.40. The summed E-state index contributed by atoms with van der Waals surface area (Å²) in [4.78, 5) is 45.1. The van der Waals surface area contributed by atoms with E-state index in [2.05, 4.69) is 6.07 Å². The van der Waals surface area contributed by atoms with Gasteiger partial charge in [-0.3, -0.25) is 19.3 Å². The molecule has 0 N–H and O–H groups in total. The number of aromatic nitrogens is 1. The molecule has 30 heavy (non-hydrogen) atoms. The van der Waals surface area contributed by atoms with Gasteiger partial charge >= 0.3 is 0 Å². The maximum absolute atomic E-state index is 13.2. The average molecular weight is 420 g/mol. The fourth-order valence-electron chi connectivity index (χ4n) is 4.25. The monoisotopic (exact) mass is 419 g/mol. The first kappa shape index (κ1) is 18.9. The van der Waals surface area contributed by atoms with Gasteiger partial charge in [0.2, 0.25) is 11.8 Å². The number of carbonyl (C=O) groups is 3. The predicted molar refractivity (Wildman–Crippen MR) is 116 cm³/mol. The van der Waals surface area contributed by atoms with Crippen molar-refractivity contribution in [2.45, 2.75) is 31.6 Å². The lowest BCUT2D eigenvalue weighted by atomic mass is 9.98. The molecule has 0 bridgehead atoms. The highest BCUT2D eigenvalue weighted by Crippen LogP contribution is 2.33. The van der Waals surface area contributed by atoms with Gasteiger partial charge in [0.25, 0.3) is 5.91 Å². The first-order valence-corrected chi connectivity index (χ1v) is 11.0. The van der Waals surface area contributed by atoms with Crippen LogP contribution in [0.2, 0.25) is 0 Å². The van der Waals surface area contributed by atoms with Gasteiger partial charge in [-0.15, -0.1) is 11.3 Å². The fraction of sp³-hybridized carbons (Fsp3) is 0.304. The zero-order valence-electron chi connectivity index (χ0n) is 16.4. The summed E-state index contributed by atoms with van der Waals surface area (Å²) in [7, 11) is 0. The van der Waals surface area contributed by atoms with Crippen LogP contribution in [0.4, 0.5) is 5.69 Å². The lowest BCUT2D eigenvalue weighted by Gasteiger charge is -2.32. The van der Waals surface area contributed by atoms with Crippen LogP contribution in [0, 0.1) is 0 Å². The summed E-state index contributed by atoms with van der Waals surface area (Å²) in [5.41, 5.74) is 1.99. The second-order valence-electron chi connectivity index (χ2n) is 7.78. The van der Waals surface area contributed by atoms with Crippen molar-refractivity contribution in [2.75, 3.05) is 18.0 Å². The number of para-hydroxylation sites is 1. The first-order valence-electron chi connectivity index (χ1n) is 10.2. The lowest BCUT2D eigenvalue weighted by Crippen LogP contribution is -2.39. The third kappa shape index (κ3) is 3.39. The van der Waals surface area contributed by atoms with Gasteiger partial charge in [-0.2, -0.15) is 0 Å². The summed E-state index contributed by atoms with van der Waals surface area (Å²) in [5, 5.41) is 1.08. The number of amides is 3. The van der Waals surface area contributed by atoms with Crippen molar-refractivity contribution in [1.82, 2.24) is 9.88 Å². The van der Waals surface area contributed by atoms with Crippen LogP contribution in [0.15, 0.2) is 48.5 Å². The molecular formula is C23H21N3O3S. The number of likely N-dealkylation sites (tertiary alicyclic amines) is 1. The number of hydrogen-bond donors (Lipinski definition) is 0. The number of hydrogen-bond acceptors (Lipinski definition) is 5. The van der Waals surface area contributed by atoms with E-state index in [1.165, 1.54) is 9.60 Å². The second-order valence-corrected chi connectivity index (χ2v) is 8.85. The number of imide groups is 1. The van der Waals surface area contributed by atoms with E-state index in [0.29, 0.717) is 24.3 Å². The van der Waals surface area contributed by atoms with E-state index in [1.807, 2.05) is 23.1 Å². The molecule has 0 aliphatic carbocycles. The molecule has 6 nitrogen and oxygen atoms in total. The number of carbonyl (C=O) groups excluding carboxylic acids is 3. The number of thiazole rings is 1. The Morgan fingerprint density at radius 3 is 2.63 bits per heavy atom. The zero-order chi connectivity index (χ0) is 20.7. The molecule has 0 spiro atoms. The molecule has 2 aromatic carbocycles. The highest BCUT2D eigenvalue weighted by atomic mass is 32.1. The van der Waals surface area contributed by atoms with Crippen LogP contribution in [0.5, 0.6) is 0 Å². The van der Waals surface area contributed by atoms with Crippen molar-refractivity contribution in [3.8, 4) is 0 Å². The third-order valence-corrected chi connectivity index (χ3v) is 6.97. The molecule has 7 heteroatoms. The maximum Gasteiger partial charge on any atom is 0.253 e. The molecule has 5 rings (SSSR count). The minimum Gasteiger partial charge on any atom is -0.338 e. The van der Waals surface area contributed by atoms with Crippen molar-refractivity contribution in [1.29, 1.82) is 0 Å². The summed E-state index contributed by atoms with van der Waals surface area (Å²) < 4.78 is 1.17. The Kier molecular flexibility index (Phi) is 4.83. The van der Waals surface area contributed by atoms with E-state index in [0.717, 1.165) is 23.4 Å². The van der Waals surface area contributed by atoms with Gasteiger partial charge in [-0.25, -0.2) is 4.98 Å². The summed E-state index contributed by atoms with van der Waals surface area (Å²) in [5.74, 6) is -0.260. The third-order valence-electron chi connectivity index (χ3n) is 5.77. The molecule has 1 aromatic heterocycles. The van der Waals surface area contributed by atoms with Crippen LogP contribution in [-0.4, -0.2) is 40.7 Å². The molecule has 3 heterocycles. The van der Waals surface area contributed by atoms with Gasteiger partial charge in [0.1, 0.15) is 0 Å². The van der Waals surface area contributed by atoms with Crippen molar-refractivity contribution >= 4 is 45.0 Å². The molecule has 2 aliphatic rings. The lowest BCUT2D eigenvalue weighted by molar-refractivity contribution is -0.121. The molecule has 2 aliphatic heterocycles. The van der Waals surface area contributed by atoms with Gasteiger partial charge in [-0.05, 0) is 43.2 Å². The maximum atomic E-state index is 13.2. The Morgan fingerprint density at radius 1 is 1.03 bits per heavy atom. The zero-order valence-corrected chi connectivity index (χ0v) is 17.2. The molecule has 3 amide bonds. The number of rotatable bonds is 3. The minimum absolute atomic E-state index is 0.0678. The highest BCUT2D eigenvalue weighted by molar-refractivity contribution is 7.18. The number of benzene rings is 2. The number of nitrogens with zero attached hydrogens (tertiary/aromatic N) is 3. The van der Waals surface area contributed by atoms with Crippen LogP contribution in [0.3, 0.4) is 0 Å². The quantitative estimate of drug-likeness (QED) is 0.603. The molecular weight excluding hydrogens is 398 g/mol. The SMILES string of the molecule is O=C(c1cccc(N2C(=O)CCC2=O)c1)N1CCC[C@@H](c2nc3ccccc3s2)C1. The Balaban J connectivity index is 1.36. The number of piperidine rings is 1. The summed E-state index contributed by atoms with van der Waals surface area (Å²) in [6.45, 7) is 1.33. The Labute approximate surface area is 178 Å². The molecule has 0 saturated carbocycles. The van der Waals surface area contributed by atoms with E-state index in [1.54, 1.807) is 35.6 Å². The minimum atomic E-state index is -0.210. The van der Waals surface area contributed by atoms with Gasteiger partial charge in [-0.1, -0.05) is 18.2 Å². The van der Waals surface area contributed by atoms with E-state index < -0.39 is 0 Å². The molecule has 1 atom stereocenters. The van der Waals surface area contributed by atoms with Crippen molar-refractivity contribution in [3.63, 3.8) is 0 Å². The van der Waals surface area contributed by atoms with Gasteiger partial charge in [0.05, 0.1) is 20.9 Å². The predicted octanol–water partition coefficient (Wildman–Crippen LogP) is 3.97. The molecule has 2 fully saturated rings. The Hall–Kier alpha value is -3.06. The van der Waals surface area contributed by atoms with E-state index >= 15 is 0 Å². The van der Waals surface area contributed by atoms with Crippen LogP contribution < -0.4 is 4.90 Å². The largest absolute Gasteiger partial charge is 0.338 e. The summed E-state index contributed by atoms with van der Waals surface area (Å²) >= 11 is 1.70. The van der Waals surface area contributed by atoms with Crippen molar-refractivity contribution < 1.29 is 14.4 Å². The molecule has 2 saturated heterocycles. The van der Waals surface area contributed by atoms with Crippen LogP contribution in [0.25, 0.3) is 10.2 Å². The standard InChI is InChI=1S/C23H21N3O3S/c27-20-10-11-21(28)26(20)17-7-3-5-15(13-17)23(29)25-12-4-6-16(14-25)22-24-18-8-1-2-9-19(18)30-22/h1-3,5,7-9,13,16H,4,6,10-12,14H2/t16-/m1/s1. The highest BCUT2D eigenvalue weighted by Gasteiger charge is 2.32. The van der Waals surface area contributed by atoms with E-state index in [9.17, 15) is 14.4 Å². The molecule has 152 valence electrons.